The number of hydrogen-bond donors (Lipinski definition) is 4. The summed E-state index contributed by atoms with van der Waals surface area (Å²) >= 11 is 1.04. The summed E-state index contributed by atoms with van der Waals surface area (Å²) in [6.07, 6.45) is -5.16. The minimum Gasteiger partial charge on any atom is -0.394 e. The first-order valence-electron chi connectivity index (χ1n) is 6.15. The van der Waals surface area contributed by atoms with Crippen LogP contribution in [0.1, 0.15) is 0 Å². The summed E-state index contributed by atoms with van der Waals surface area (Å²) < 4.78 is 5.33. The Morgan fingerprint density at radius 3 is 2.29 bits per heavy atom. The van der Waals surface area contributed by atoms with E-state index >= 15 is 0 Å². The third kappa shape index (κ3) is 3.51. The smallest absolute Gasteiger partial charge is 0.269 e. The Morgan fingerprint density at radius 2 is 1.76 bits per heavy atom. The summed E-state index contributed by atoms with van der Waals surface area (Å²) in [6, 6.07) is 5.60. The fourth-order valence-corrected chi connectivity index (χ4v) is 3.01. The molecule has 8 nitrogen and oxygen atoms in total. The second-order valence-corrected chi connectivity index (χ2v) is 5.74. The molecule has 1 aromatic rings. The number of ether oxygens (including phenoxy) is 1. The van der Waals surface area contributed by atoms with E-state index in [0.29, 0.717) is 4.90 Å². The van der Waals surface area contributed by atoms with Crippen LogP contribution in [0.4, 0.5) is 5.69 Å². The Morgan fingerprint density at radius 1 is 1.14 bits per heavy atom. The molecule has 116 valence electrons. The van der Waals surface area contributed by atoms with Gasteiger partial charge in [0.05, 0.1) is 11.5 Å². The Hall–Kier alpha value is -1.23. The van der Waals surface area contributed by atoms with Gasteiger partial charge in [0.15, 0.2) is 0 Å². The number of benzene rings is 1. The Bertz CT molecular complexity index is 495. The number of aliphatic hydroxyl groups is 4. The number of hydrogen-bond acceptors (Lipinski definition) is 8. The van der Waals surface area contributed by atoms with Crippen LogP contribution in [-0.2, 0) is 4.74 Å². The van der Waals surface area contributed by atoms with Gasteiger partial charge in [-0.3, -0.25) is 10.1 Å². The fraction of sp³-hybridized carbons (Fsp3) is 0.500. The predicted molar refractivity (Wildman–Crippen MR) is 72.7 cm³/mol. The molecular formula is C12H15NO7S. The summed E-state index contributed by atoms with van der Waals surface area (Å²) in [5, 5.41) is 48.9. The molecule has 0 aromatic heterocycles. The van der Waals surface area contributed by atoms with Gasteiger partial charge in [0, 0.05) is 17.0 Å². The molecule has 0 radical (unpaired) electrons. The summed E-state index contributed by atoms with van der Waals surface area (Å²) in [5.74, 6) is 0. The summed E-state index contributed by atoms with van der Waals surface area (Å²) in [6.45, 7) is -0.498. The van der Waals surface area contributed by atoms with E-state index in [0.717, 1.165) is 11.8 Å². The normalized spacial score (nSPS) is 32.9. The zero-order valence-electron chi connectivity index (χ0n) is 10.8. The van der Waals surface area contributed by atoms with Crippen molar-refractivity contribution in [3.63, 3.8) is 0 Å². The average Bonchev–Trinajstić information content (AvgIpc) is 2.48. The Balaban J connectivity index is 2.08. The Labute approximate surface area is 124 Å². The van der Waals surface area contributed by atoms with Gasteiger partial charge in [0.1, 0.15) is 29.9 Å². The first kappa shape index (κ1) is 16.1. The highest BCUT2D eigenvalue weighted by molar-refractivity contribution is 7.99. The monoisotopic (exact) mass is 317 g/mol. The quantitative estimate of drug-likeness (QED) is 0.431. The summed E-state index contributed by atoms with van der Waals surface area (Å²) in [4.78, 5) is 10.6. The molecular weight excluding hydrogens is 302 g/mol. The van der Waals surface area contributed by atoms with Gasteiger partial charge < -0.3 is 25.2 Å². The molecule has 0 saturated carbocycles. The van der Waals surface area contributed by atoms with Gasteiger partial charge in [0.25, 0.3) is 5.69 Å². The molecule has 1 aliphatic rings. The number of non-ortho nitro benzene ring substituents is 1. The standard InChI is InChI=1S/C12H15NO7S/c14-5-8-9(15)10(16)11(17)12(20-8)21-7-3-1-6(2-4-7)13(18)19/h1-4,8-12,14-17H,5H2/t8-,9-,10-,11+,12+/m1/s1. The first-order chi connectivity index (χ1) is 9.93. The lowest BCUT2D eigenvalue weighted by atomic mass is 10.0. The summed E-state index contributed by atoms with van der Waals surface area (Å²) in [7, 11) is 0. The van der Waals surface area contributed by atoms with Crippen LogP contribution in [0.2, 0.25) is 0 Å². The van der Waals surface area contributed by atoms with E-state index in [1.165, 1.54) is 24.3 Å². The van der Waals surface area contributed by atoms with Crippen molar-refractivity contribution in [3.05, 3.63) is 34.4 Å². The van der Waals surface area contributed by atoms with Crippen molar-refractivity contribution >= 4 is 17.4 Å². The molecule has 5 atom stereocenters. The lowest BCUT2D eigenvalue weighted by molar-refractivity contribution is -0.384. The van der Waals surface area contributed by atoms with Gasteiger partial charge >= 0.3 is 0 Å². The Kier molecular flexibility index (Phi) is 5.14. The van der Waals surface area contributed by atoms with Crippen LogP contribution in [0.25, 0.3) is 0 Å². The maximum absolute atomic E-state index is 10.6. The number of thioether (sulfide) groups is 1. The third-order valence-electron chi connectivity index (χ3n) is 3.15. The maximum Gasteiger partial charge on any atom is 0.269 e. The average molecular weight is 317 g/mol. The fourth-order valence-electron chi connectivity index (χ4n) is 1.95. The van der Waals surface area contributed by atoms with Crippen LogP contribution in [0.3, 0.4) is 0 Å². The van der Waals surface area contributed by atoms with Crippen molar-refractivity contribution in [2.45, 2.75) is 34.7 Å². The number of aliphatic hydroxyl groups excluding tert-OH is 4. The maximum atomic E-state index is 10.6. The van der Waals surface area contributed by atoms with E-state index in [9.17, 15) is 25.4 Å². The third-order valence-corrected chi connectivity index (χ3v) is 4.31. The van der Waals surface area contributed by atoms with Crippen LogP contribution in [0, 0.1) is 10.1 Å². The van der Waals surface area contributed by atoms with E-state index in [-0.39, 0.29) is 5.69 Å². The molecule has 1 heterocycles. The van der Waals surface area contributed by atoms with Gasteiger partial charge in [-0.05, 0) is 12.1 Å². The molecule has 0 aliphatic carbocycles. The second kappa shape index (κ2) is 6.69. The van der Waals surface area contributed by atoms with Crippen molar-refractivity contribution in [3.8, 4) is 0 Å². The largest absolute Gasteiger partial charge is 0.394 e. The molecule has 0 spiro atoms. The van der Waals surface area contributed by atoms with Gasteiger partial charge in [-0.2, -0.15) is 0 Å². The molecule has 1 aliphatic heterocycles. The predicted octanol–water partition coefficient (Wildman–Crippen LogP) is -0.513. The molecule has 1 saturated heterocycles. The topological polar surface area (TPSA) is 133 Å². The molecule has 0 bridgehead atoms. The number of nitro benzene ring substituents is 1. The minimum absolute atomic E-state index is 0.0619. The minimum atomic E-state index is -1.44. The molecule has 4 N–H and O–H groups in total. The van der Waals surface area contributed by atoms with Gasteiger partial charge in [-0.25, -0.2) is 0 Å². The number of nitro groups is 1. The van der Waals surface area contributed by atoms with Crippen molar-refractivity contribution in [2.24, 2.45) is 0 Å². The van der Waals surface area contributed by atoms with Gasteiger partial charge in [-0.15, -0.1) is 0 Å². The van der Waals surface area contributed by atoms with E-state index < -0.39 is 41.4 Å². The molecule has 2 rings (SSSR count). The highest BCUT2D eigenvalue weighted by atomic mass is 32.2. The summed E-state index contributed by atoms with van der Waals surface area (Å²) in [5.41, 5.74) is -0.963. The van der Waals surface area contributed by atoms with Crippen LogP contribution >= 0.6 is 11.8 Å². The second-order valence-electron chi connectivity index (χ2n) is 4.57. The number of rotatable bonds is 4. The number of nitrogens with zero attached hydrogens (tertiary/aromatic N) is 1. The molecule has 9 heteroatoms. The first-order valence-corrected chi connectivity index (χ1v) is 7.03. The van der Waals surface area contributed by atoms with Crippen LogP contribution in [0.15, 0.2) is 29.2 Å². The van der Waals surface area contributed by atoms with Crippen LogP contribution < -0.4 is 0 Å². The van der Waals surface area contributed by atoms with E-state index in [1.54, 1.807) is 0 Å². The zero-order chi connectivity index (χ0) is 15.6. The molecule has 21 heavy (non-hydrogen) atoms. The van der Waals surface area contributed by atoms with Gasteiger partial charge in [-0.1, -0.05) is 11.8 Å². The lowest BCUT2D eigenvalue weighted by Crippen LogP contribution is -2.57. The highest BCUT2D eigenvalue weighted by Crippen LogP contribution is 2.33. The molecule has 1 fully saturated rings. The SMILES string of the molecule is O=[N+]([O-])c1ccc(S[C@@H]2O[C@H](CO)[C@@H](O)[C@@H](O)[C@@H]2O)cc1. The lowest BCUT2D eigenvalue weighted by Gasteiger charge is -2.39. The van der Waals surface area contributed by atoms with Crippen molar-refractivity contribution < 1.29 is 30.1 Å². The highest BCUT2D eigenvalue weighted by Gasteiger charge is 2.43. The zero-order valence-corrected chi connectivity index (χ0v) is 11.6. The van der Waals surface area contributed by atoms with E-state index in [2.05, 4.69) is 0 Å². The molecule has 1 aromatic carbocycles. The van der Waals surface area contributed by atoms with Gasteiger partial charge in [0.2, 0.25) is 0 Å². The van der Waals surface area contributed by atoms with Crippen molar-refractivity contribution in [1.29, 1.82) is 0 Å². The molecule has 0 amide bonds. The molecule has 0 unspecified atom stereocenters. The van der Waals surface area contributed by atoms with E-state index in [1.807, 2.05) is 0 Å². The van der Waals surface area contributed by atoms with E-state index in [4.69, 9.17) is 9.84 Å². The van der Waals surface area contributed by atoms with Crippen molar-refractivity contribution in [1.82, 2.24) is 0 Å². The van der Waals surface area contributed by atoms with Crippen LogP contribution in [0.5, 0.6) is 0 Å². The van der Waals surface area contributed by atoms with Crippen LogP contribution in [-0.4, -0.2) is 61.8 Å². The van der Waals surface area contributed by atoms with Crippen molar-refractivity contribution in [2.75, 3.05) is 6.61 Å².